The standard InChI is InChI=1S/C13H16N4O2/c1-13(2,12(15)19)17-11(18)9-6-16-10-4-3-7(14)5-8(9)10/h3-6,16H,14H2,1-2H3,(H2,15,19)(H,17,18). The van der Waals surface area contributed by atoms with E-state index in [-0.39, 0.29) is 5.91 Å². The first-order valence-corrected chi connectivity index (χ1v) is 5.80. The van der Waals surface area contributed by atoms with Crippen molar-refractivity contribution in [2.45, 2.75) is 19.4 Å². The van der Waals surface area contributed by atoms with Gasteiger partial charge in [-0.25, -0.2) is 0 Å². The number of nitrogen functional groups attached to an aromatic ring is 1. The minimum atomic E-state index is -1.11. The van der Waals surface area contributed by atoms with Crippen LogP contribution in [0.3, 0.4) is 0 Å². The second kappa shape index (κ2) is 4.31. The summed E-state index contributed by atoms with van der Waals surface area (Å²) in [5.74, 6) is -0.971. The van der Waals surface area contributed by atoms with E-state index in [2.05, 4.69) is 10.3 Å². The largest absolute Gasteiger partial charge is 0.399 e. The average Bonchev–Trinajstić information content (AvgIpc) is 2.70. The van der Waals surface area contributed by atoms with E-state index >= 15 is 0 Å². The third-order valence-corrected chi connectivity index (χ3v) is 2.99. The van der Waals surface area contributed by atoms with Gasteiger partial charge in [-0.15, -0.1) is 0 Å². The molecule has 0 radical (unpaired) electrons. The molecule has 2 rings (SSSR count). The first kappa shape index (κ1) is 12.9. The highest BCUT2D eigenvalue weighted by Gasteiger charge is 2.28. The van der Waals surface area contributed by atoms with Crippen LogP contribution in [-0.2, 0) is 4.79 Å². The number of aromatic amines is 1. The fourth-order valence-corrected chi connectivity index (χ4v) is 1.74. The summed E-state index contributed by atoms with van der Waals surface area (Å²) in [4.78, 5) is 26.4. The van der Waals surface area contributed by atoms with Gasteiger partial charge in [0.2, 0.25) is 5.91 Å². The van der Waals surface area contributed by atoms with Gasteiger partial charge in [0.05, 0.1) is 5.56 Å². The Labute approximate surface area is 110 Å². The number of hydrogen-bond donors (Lipinski definition) is 4. The molecule has 100 valence electrons. The fourth-order valence-electron chi connectivity index (χ4n) is 1.74. The number of anilines is 1. The maximum atomic E-state index is 12.2. The monoisotopic (exact) mass is 260 g/mol. The van der Waals surface area contributed by atoms with E-state index in [9.17, 15) is 9.59 Å². The lowest BCUT2D eigenvalue weighted by Gasteiger charge is -2.21. The molecule has 0 aliphatic rings. The lowest BCUT2D eigenvalue weighted by molar-refractivity contribution is -0.122. The van der Waals surface area contributed by atoms with Crippen molar-refractivity contribution in [3.05, 3.63) is 30.0 Å². The zero-order valence-corrected chi connectivity index (χ0v) is 10.8. The van der Waals surface area contributed by atoms with Gasteiger partial charge in [0.1, 0.15) is 5.54 Å². The van der Waals surface area contributed by atoms with Crippen molar-refractivity contribution in [2.75, 3.05) is 5.73 Å². The highest BCUT2D eigenvalue weighted by molar-refractivity contribution is 6.08. The van der Waals surface area contributed by atoms with Crippen molar-refractivity contribution < 1.29 is 9.59 Å². The topological polar surface area (TPSA) is 114 Å². The van der Waals surface area contributed by atoms with E-state index in [0.717, 1.165) is 5.52 Å². The summed E-state index contributed by atoms with van der Waals surface area (Å²) in [6.07, 6.45) is 1.58. The molecular weight excluding hydrogens is 244 g/mol. The minimum absolute atomic E-state index is 0.374. The maximum absolute atomic E-state index is 12.2. The lowest BCUT2D eigenvalue weighted by Crippen LogP contribution is -2.52. The molecule has 0 saturated carbocycles. The molecule has 6 nitrogen and oxygen atoms in total. The molecule has 0 aliphatic heterocycles. The van der Waals surface area contributed by atoms with E-state index < -0.39 is 11.4 Å². The van der Waals surface area contributed by atoms with Crippen LogP contribution >= 0.6 is 0 Å². The Morgan fingerprint density at radius 2 is 2.00 bits per heavy atom. The summed E-state index contributed by atoms with van der Waals surface area (Å²) < 4.78 is 0. The van der Waals surface area contributed by atoms with Crippen molar-refractivity contribution in [3.8, 4) is 0 Å². The molecule has 19 heavy (non-hydrogen) atoms. The Bertz CT molecular complexity index is 658. The summed E-state index contributed by atoms with van der Waals surface area (Å²) in [5, 5.41) is 3.30. The summed E-state index contributed by atoms with van der Waals surface area (Å²) >= 11 is 0. The third-order valence-electron chi connectivity index (χ3n) is 2.99. The van der Waals surface area contributed by atoms with E-state index in [1.807, 2.05) is 0 Å². The first-order chi connectivity index (χ1) is 8.81. The number of amides is 2. The highest BCUT2D eigenvalue weighted by Crippen LogP contribution is 2.21. The molecule has 6 heteroatoms. The normalized spacial score (nSPS) is 11.5. The zero-order valence-electron chi connectivity index (χ0n) is 10.8. The molecule has 0 atom stereocenters. The molecule has 0 unspecified atom stereocenters. The molecule has 1 aromatic heterocycles. The number of carbonyl (C=O) groups is 2. The summed E-state index contributed by atoms with van der Waals surface area (Å²) in [6, 6.07) is 5.24. The molecule has 6 N–H and O–H groups in total. The molecule has 2 aromatic rings. The van der Waals surface area contributed by atoms with E-state index in [4.69, 9.17) is 11.5 Å². The van der Waals surface area contributed by atoms with Gasteiger partial charge in [0, 0.05) is 22.8 Å². The van der Waals surface area contributed by atoms with Gasteiger partial charge in [-0.1, -0.05) is 0 Å². The van der Waals surface area contributed by atoms with Gasteiger partial charge in [0.15, 0.2) is 0 Å². The SMILES string of the molecule is CC(C)(NC(=O)c1c[nH]c2ccc(N)cc12)C(N)=O. The number of rotatable bonds is 3. The zero-order chi connectivity index (χ0) is 14.2. The maximum Gasteiger partial charge on any atom is 0.254 e. The van der Waals surface area contributed by atoms with Crippen molar-refractivity contribution in [2.24, 2.45) is 5.73 Å². The van der Waals surface area contributed by atoms with Crippen molar-refractivity contribution >= 4 is 28.4 Å². The highest BCUT2D eigenvalue weighted by atomic mass is 16.2. The number of primary amides is 1. The smallest absolute Gasteiger partial charge is 0.254 e. The molecule has 0 saturated heterocycles. The van der Waals surface area contributed by atoms with Crippen LogP contribution in [0.25, 0.3) is 10.9 Å². The Hall–Kier alpha value is -2.50. The van der Waals surface area contributed by atoms with Crippen LogP contribution in [-0.4, -0.2) is 22.3 Å². The number of hydrogen-bond acceptors (Lipinski definition) is 3. The Balaban J connectivity index is 2.37. The second-order valence-corrected chi connectivity index (χ2v) is 4.95. The van der Waals surface area contributed by atoms with Crippen LogP contribution in [0.4, 0.5) is 5.69 Å². The third kappa shape index (κ3) is 2.37. The lowest BCUT2D eigenvalue weighted by atomic mass is 10.0. The number of carbonyl (C=O) groups excluding carboxylic acids is 2. The van der Waals surface area contributed by atoms with Crippen LogP contribution in [0.2, 0.25) is 0 Å². The van der Waals surface area contributed by atoms with Gasteiger partial charge in [-0.3, -0.25) is 9.59 Å². The van der Waals surface area contributed by atoms with Gasteiger partial charge in [0.25, 0.3) is 5.91 Å². The fraction of sp³-hybridized carbons (Fsp3) is 0.231. The molecule has 1 aromatic carbocycles. The van der Waals surface area contributed by atoms with E-state index in [1.54, 1.807) is 38.2 Å². The Morgan fingerprint density at radius 3 is 2.63 bits per heavy atom. The minimum Gasteiger partial charge on any atom is -0.399 e. The molecule has 0 aliphatic carbocycles. The van der Waals surface area contributed by atoms with E-state index in [0.29, 0.717) is 16.6 Å². The quantitative estimate of drug-likeness (QED) is 0.610. The number of fused-ring (bicyclic) bond motifs is 1. The molecule has 1 heterocycles. The number of benzene rings is 1. The number of nitrogens with one attached hydrogen (secondary N) is 2. The van der Waals surface area contributed by atoms with Crippen molar-refractivity contribution in [1.29, 1.82) is 0 Å². The van der Waals surface area contributed by atoms with Crippen LogP contribution < -0.4 is 16.8 Å². The van der Waals surface area contributed by atoms with Crippen LogP contribution in [0.15, 0.2) is 24.4 Å². The van der Waals surface area contributed by atoms with Gasteiger partial charge < -0.3 is 21.8 Å². The van der Waals surface area contributed by atoms with Gasteiger partial charge in [-0.05, 0) is 32.0 Å². The predicted molar refractivity (Wildman–Crippen MR) is 73.5 cm³/mol. The number of nitrogens with two attached hydrogens (primary N) is 2. The number of aromatic nitrogens is 1. The van der Waals surface area contributed by atoms with Crippen LogP contribution in [0.1, 0.15) is 24.2 Å². The first-order valence-electron chi connectivity index (χ1n) is 5.80. The Kier molecular flexibility index (Phi) is 2.94. The second-order valence-electron chi connectivity index (χ2n) is 4.95. The van der Waals surface area contributed by atoms with Crippen LogP contribution in [0, 0.1) is 0 Å². The van der Waals surface area contributed by atoms with Crippen molar-refractivity contribution in [3.63, 3.8) is 0 Å². The average molecular weight is 260 g/mol. The van der Waals surface area contributed by atoms with Gasteiger partial charge in [-0.2, -0.15) is 0 Å². The molecule has 0 fully saturated rings. The molecular formula is C13H16N4O2. The number of H-pyrrole nitrogens is 1. The molecule has 0 bridgehead atoms. The summed E-state index contributed by atoms with van der Waals surface area (Å²) in [7, 11) is 0. The summed E-state index contributed by atoms with van der Waals surface area (Å²) in [6.45, 7) is 3.10. The molecule has 0 spiro atoms. The predicted octanol–water partition coefficient (Wildman–Crippen LogP) is 0.744. The van der Waals surface area contributed by atoms with E-state index in [1.165, 1.54) is 0 Å². The summed E-state index contributed by atoms with van der Waals surface area (Å²) in [5.41, 5.74) is 11.6. The van der Waals surface area contributed by atoms with Crippen molar-refractivity contribution in [1.82, 2.24) is 10.3 Å². The Morgan fingerprint density at radius 1 is 1.32 bits per heavy atom. The van der Waals surface area contributed by atoms with Gasteiger partial charge >= 0.3 is 0 Å². The van der Waals surface area contributed by atoms with Crippen LogP contribution in [0.5, 0.6) is 0 Å². The molecule has 2 amide bonds.